The largest absolute Gasteiger partial charge is 0.355 e. The average molecular weight is 286 g/mol. The van der Waals surface area contributed by atoms with Crippen LogP contribution in [0.4, 0.5) is 0 Å². The van der Waals surface area contributed by atoms with E-state index in [0.717, 1.165) is 5.56 Å². The summed E-state index contributed by atoms with van der Waals surface area (Å²) in [5, 5.41) is 2.76. The molecule has 1 rings (SSSR count). The fraction of sp³-hybridized carbons (Fsp3) is 0.294. The van der Waals surface area contributed by atoms with E-state index in [4.69, 9.17) is 0 Å². The van der Waals surface area contributed by atoms with Gasteiger partial charge < -0.3 is 10.2 Å². The second kappa shape index (κ2) is 9.53. The molecule has 112 valence electrons. The Morgan fingerprint density at radius 1 is 1.10 bits per heavy atom. The quantitative estimate of drug-likeness (QED) is 0.705. The van der Waals surface area contributed by atoms with Gasteiger partial charge in [-0.05, 0) is 5.56 Å². The number of rotatable bonds is 9. The molecule has 0 fully saturated rings. The zero-order valence-corrected chi connectivity index (χ0v) is 12.3. The molecule has 1 N–H and O–H groups in total. The Kier molecular flexibility index (Phi) is 7.58. The average Bonchev–Trinajstić information content (AvgIpc) is 2.48. The Morgan fingerprint density at radius 3 is 2.29 bits per heavy atom. The molecule has 2 amide bonds. The van der Waals surface area contributed by atoms with E-state index in [1.165, 1.54) is 0 Å². The molecule has 0 bridgehead atoms. The number of carbonyl (C=O) groups is 2. The zero-order chi connectivity index (χ0) is 15.5. The molecule has 0 saturated carbocycles. The minimum Gasteiger partial charge on any atom is -0.355 e. The van der Waals surface area contributed by atoms with Crippen LogP contribution in [0.2, 0.25) is 0 Å². The monoisotopic (exact) mass is 286 g/mol. The molecule has 0 saturated heterocycles. The molecule has 4 nitrogen and oxygen atoms in total. The molecule has 0 spiro atoms. The van der Waals surface area contributed by atoms with E-state index >= 15 is 0 Å². The molecule has 0 heterocycles. The third kappa shape index (κ3) is 6.56. The first-order valence-corrected chi connectivity index (χ1v) is 6.97. The van der Waals surface area contributed by atoms with Crippen LogP contribution < -0.4 is 5.32 Å². The summed E-state index contributed by atoms with van der Waals surface area (Å²) in [6.45, 7) is 8.57. The fourth-order valence-electron chi connectivity index (χ4n) is 1.90. The van der Waals surface area contributed by atoms with E-state index in [1.54, 1.807) is 17.1 Å². The van der Waals surface area contributed by atoms with Crippen molar-refractivity contribution in [1.29, 1.82) is 0 Å². The highest BCUT2D eigenvalue weighted by Gasteiger charge is 2.10. The minimum absolute atomic E-state index is 0.0187. The van der Waals surface area contributed by atoms with Gasteiger partial charge in [0.2, 0.25) is 11.8 Å². The maximum absolute atomic E-state index is 11.9. The van der Waals surface area contributed by atoms with E-state index in [-0.39, 0.29) is 18.2 Å². The van der Waals surface area contributed by atoms with Crippen LogP contribution in [-0.4, -0.2) is 36.3 Å². The lowest BCUT2D eigenvalue weighted by Crippen LogP contribution is -2.35. The molecule has 0 aliphatic heterocycles. The lowest BCUT2D eigenvalue weighted by atomic mass is 10.1. The Hall–Kier alpha value is -2.36. The third-order valence-electron chi connectivity index (χ3n) is 2.92. The SMILES string of the molecule is C=CCN(CC=C)C(=O)CCNC(=O)Cc1ccccc1. The highest BCUT2D eigenvalue weighted by Crippen LogP contribution is 1.99. The lowest BCUT2D eigenvalue weighted by molar-refractivity contribution is -0.130. The Bertz CT molecular complexity index is 473. The first-order valence-electron chi connectivity index (χ1n) is 6.97. The number of nitrogens with one attached hydrogen (secondary N) is 1. The lowest BCUT2D eigenvalue weighted by Gasteiger charge is -2.19. The Morgan fingerprint density at radius 2 is 1.71 bits per heavy atom. The van der Waals surface area contributed by atoms with E-state index in [9.17, 15) is 9.59 Å². The number of benzene rings is 1. The molecular formula is C17H22N2O2. The minimum atomic E-state index is -0.0759. The van der Waals surface area contributed by atoms with E-state index in [0.29, 0.717) is 26.1 Å². The smallest absolute Gasteiger partial charge is 0.224 e. The van der Waals surface area contributed by atoms with Crippen LogP contribution >= 0.6 is 0 Å². The molecule has 0 radical (unpaired) electrons. The van der Waals surface area contributed by atoms with Gasteiger partial charge in [0.15, 0.2) is 0 Å². The maximum Gasteiger partial charge on any atom is 0.224 e. The van der Waals surface area contributed by atoms with Crippen molar-refractivity contribution in [3.8, 4) is 0 Å². The van der Waals surface area contributed by atoms with Crippen LogP contribution in [0.3, 0.4) is 0 Å². The Labute approximate surface area is 126 Å². The van der Waals surface area contributed by atoms with Gasteiger partial charge in [0.05, 0.1) is 6.42 Å². The van der Waals surface area contributed by atoms with Crippen molar-refractivity contribution >= 4 is 11.8 Å². The summed E-state index contributed by atoms with van der Waals surface area (Å²) >= 11 is 0. The highest BCUT2D eigenvalue weighted by atomic mass is 16.2. The van der Waals surface area contributed by atoms with Crippen LogP contribution in [0.1, 0.15) is 12.0 Å². The van der Waals surface area contributed by atoms with E-state index in [2.05, 4.69) is 18.5 Å². The van der Waals surface area contributed by atoms with Gasteiger partial charge in [-0.3, -0.25) is 9.59 Å². The molecule has 0 atom stereocenters. The van der Waals surface area contributed by atoms with Crippen LogP contribution in [0.15, 0.2) is 55.6 Å². The first-order chi connectivity index (χ1) is 10.2. The number of hydrogen-bond donors (Lipinski definition) is 1. The summed E-state index contributed by atoms with van der Waals surface area (Å²) in [5.74, 6) is -0.0946. The normalized spacial score (nSPS) is 9.71. The molecular weight excluding hydrogens is 264 g/mol. The highest BCUT2D eigenvalue weighted by molar-refractivity contribution is 5.80. The second-order valence-electron chi connectivity index (χ2n) is 4.64. The number of hydrogen-bond acceptors (Lipinski definition) is 2. The Balaban J connectivity index is 2.31. The van der Waals surface area contributed by atoms with Crippen molar-refractivity contribution in [2.45, 2.75) is 12.8 Å². The van der Waals surface area contributed by atoms with Gasteiger partial charge in [-0.25, -0.2) is 0 Å². The number of carbonyl (C=O) groups excluding carboxylic acids is 2. The van der Waals surface area contributed by atoms with Crippen molar-refractivity contribution in [2.75, 3.05) is 19.6 Å². The van der Waals surface area contributed by atoms with Crippen molar-refractivity contribution in [1.82, 2.24) is 10.2 Å². The van der Waals surface area contributed by atoms with Crippen LogP contribution in [0, 0.1) is 0 Å². The molecule has 4 heteroatoms. The molecule has 1 aromatic rings. The van der Waals surface area contributed by atoms with Crippen LogP contribution in [-0.2, 0) is 16.0 Å². The predicted octanol–water partition coefficient (Wildman–Crippen LogP) is 1.94. The summed E-state index contributed by atoms with van der Waals surface area (Å²) < 4.78 is 0. The maximum atomic E-state index is 11.9. The second-order valence-corrected chi connectivity index (χ2v) is 4.64. The molecule has 0 aromatic heterocycles. The van der Waals surface area contributed by atoms with Gasteiger partial charge in [0.25, 0.3) is 0 Å². The van der Waals surface area contributed by atoms with Gasteiger partial charge >= 0.3 is 0 Å². The summed E-state index contributed by atoms with van der Waals surface area (Å²) in [6.07, 6.45) is 3.96. The van der Waals surface area contributed by atoms with Crippen molar-refractivity contribution in [3.63, 3.8) is 0 Å². The topological polar surface area (TPSA) is 49.4 Å². The van der Waals surface area contributed by atoms with E-state index in [1.807, 2.05) is 30.3 Å². The first kappa shape index (κ1) is 16.7. The van der Waals surface area contributed by atoms with Crippen LogP contribution in [0.25, 0.3) is 0 Å². The van der Waals surface area contributed by atoms with Crippen molar-refractivity contribution < 1.29 is 9.59 Å². The van der Waals surface area contributed by atoms with Crippen LogP contribution in [0.5, 0.6) is 0 Å². The van der Waals surface area contributed by atoms with Gasteiger partial charge in [0.1, 0.15) is 0 Å². The number of amides is 2. The third-order valence-corrected chi connectivity index (χ3v) is 2.92. The van der Waals surface area contributed by atoms with Gasteiger partial charge in [-0.1, -0.05) is 42.5 Å². The fourth-order valence-corrected chi connectivity index (χ4v) is 1.90. The molecule has 1 aromatic carbocycles. The summed E-state index contributed by atoms with van der Waals surface area (Å²) in [4.78, 5) is 25.3. The molecule has 0 unspecified atom stereocenters. The van der Waals surface area contributed by atoms with Gasteiger partial charge in [-0.2, -0.15) is 0 Å². The van der Waals surface area contributed by atoms with Crippen molar-refractivity contribution in [2.24, 2.45) is 0 Å². The number of nitrogens with zero attached hydrogens (tertiary/aromatic N) is 1. The van der Waals surface area contributed by atoms with Crippen molar-refractivity contribution in [3.05, 3.63) is 61.2 Å². The summed E-state index contributed by atoms with van der Waals surface area (Å²) in [6, 6.07) is 9.51. The zero-order valence-electron chi connectivity index (χ0n) is 12.3. The molecule has 21 heavy (non-hydrogen) atoms. The summed E-state index contributed by atoms with van der Waals surface area (Å²) in [5.41, 5.74) is 0.960. The predicted molar refractivity (Wildman–Crippen MR) is 84.7 cm³/mol. The molecule has 0 aliphatic rings. The van der Waals surface area contributed by atoms with Gasteiger partial charge in [0, 0.05) is 26.1 Å². The van der Waals surface area contributed by atoms with E-state index < -0.39 is 0 Å². The standard InChI is InChI=1S/C17H22N2O2/c1-3-12-19(13-4-2)17(21)10-11-18-16(20)14-15-8-6-5-7-9-15/h3-9H,1-2,10-14H2,(H,18,20). The molecule has 0 aliphatic carbocycles. The van der Waals surface area contributed by atoms with Gasteiger partial charge in [-0.15, -0.1) is 13.2 Å². The summed E-state index contributed by atoms with van der Waals surface area (Å²) in [7, 11) is 0.